The van der Waals surface area contributed by atoms with Crippen LogP contribution in [0.2, 0.25) is 0 Å². The Morgan fingerprint density at radius 3 is 0.822 bits per heavy atom. The molecule has 4 heteroatoms. The smallest absolute Gasteiger partial charge is 0.282 e. The standard InChI is InChI=1S/C41H76O3S/c1-2-3-4-5-6-7-8-9-10-11-12-13-14-15-16-17-18-19-20-21-22-23-24-25-26-27-28-29-30-31-32-33-34-35-40-36-38-41(39-37-40)45(42,43)44/h36-39H,2-35H2,1H3,(H,42,43,44). The van der Waals surface area contributed by atoms with E-state index in [1.165, 1.54) is 218 Å². The predicted octanol–water partition coefficient (Wildman–Crippen LogP) is 14.4. The van der Waals surface area contributed by atoms with E-state index in [1.54, 1.807) is 0 Å². The number of hydrogen-bond donors (Lipinski definition) is 1. The molecule has 45 heavy (non-hydrogen) atoms. The Labute approximate surface area is 282 Å². The van der Waals surface area contributed by atoms with E-state index in [0.29, 0.717) is 0 Å². The van der Waals surface area contributed by atoms with E-state index in [1.807, 2.05) is 12.1 Å². The van der Waals surface area contributed by atoms with Gasteiger partial charge in [-0.3, -0.25) is 4.55 Å². The van der Waals surface area contributed by atoms with E-state index >= 15 is 0 Å². The molecule has 0 heterocycles. The van der Waals surface area contributed by atoms with E-state index < -0.39 is 10.1 Å². The van der Waals surface area contributed by atoms with Crippen molar-refractivity contribution in [1.29, 1.82) is 0 Å². The van der Waals surface area contributed by atoms with Gasteiger partial charge in [-0.25, -0.2) is 0 Å². The van der Waals surface area contributed by atoms with E-state index in [-0.39, 0.29) is 4.90 Å². The van der Waals surface area contributed by atoms with Gasteiger partial charge >= 0.3 is 0 Å². The fourth-order valence-corrected chi connectivity index (χ4v) is 7.19. The minimum Gasteiger partial charge on any atom is -0.282 e. The Morgan fingerprint density at radius 2 is 0.600 bits per heavy atom. The molecule has 0 aliphatic rings. The molecule has 0 saturated carbocycles. The number of aryl methyl sites for hydroxylation is 1. The zero-order chi connectivity index (χ0) is 32.5. The highest BCUT2D eigenvalue weighted by molar-refractivity contribution is 7.85. The lowest BCUT2D eigenvalue weighted by Gasteiger charge is -2.05. The number of benzene rings is 1. The molecule has 1 rings (SSSR count). The molecule has 0 aliphatic carbocycles. The third-order valence-corrected chi connectivity index (χ3v) is 10.7. The maximum atomic E-state index is 11.1. The van der Waals surface area contributed by atoms with Gasteiger partial charge in [-0.05, 0) is 30.5 Å². The molecule has 0 bridgehead atoms. The van der Waals surface area contributed by atoms with Gasteiger partial charge in [0.1, 0.15) is 0 Å². The van der Waals surface area contributed by atoms with Gasteiger partial charge in [0.2, 0.25) is 0 Å². The van der Waals surface area contributed by atoms with Crippen LogP contribution < -0.4 is 0 Å². The van der Waals surface area contributed by atoms with Gasteiger partial charge in [0.05, 0.1) is 4.90 Å². The van der Waals surface area contributed by atoms with Crippen molar-refractivity contribution < 1.29 is 13.0 Å². The molecule has 0 unspecified atom stereocenters. The largest absolute Gasteiger partial charge is 0.294 e. The molecule has 0 aromatic heterocycles. The average Bonchev–Trinajstić information content (AvgIpc) is 3.03. The number of rotatable bonds is 35. The summed E-state index contributed by atoms with van der Waals surface area (Å²) in [5.74, 6) is 0. The molecule has 0 spiro atoms. The van der Waals surface area contributed by atoms with Crippen LogP contribution in [0.15, 0.2) is 29.2 Å². The molecule has 1 N–H and O–H groups in total. The normalized spacial score (nSPS) is 11.9. The summed E-state index contributed by atoms with van der Waals surface area (Å²) >= 11 is 0. The quantitative estimate of drug-likeness (QED) is 0.0588. The molecule has 1 aromatic rings. The summed E-state index contributed by atoms with van der Waals surface area (Å²) in [6.07, 6.45) is 48.0. The minimum absolute atomic E-state index is 0.0209. The highest BCUT2D eigenvalue weighted by Crippen LogP contribution is 2.18. The van der Waals surface area contributed by atoms with Crippen LogP contribution in [0.4, 0.5) is 0 Å². The summed E-state index contributed by atoms with van der Waals surface area (Å²) in [4.78, 5) is -0.0209. The van der Waals surface area contributed by atoms with Crippen LogP contribution in [0.5, 0.6) is 0 Å². The Balaban J connectivity index is 1.67. The molecular formula is C41H76O3S. The van der Waals surface area contributed by atoms with Crippen molar-refractivity contribution in [2.24, 2.45) is 0 Å². The lowest BCUT2D eigenvalue weighted by Crippen LogP contribution is -1.98. The lowest BCUT2D eigenvalue weighted by molar-refractivity contribution is 0.483. The van der Waals surface area contributed by atoms with Crippen molar-refractivity contribution in [2.45, 2.75) is 230 Å². The van der Waals surface area contributed by atoms with Crippen molar-refractivity contribution in [3.05, 3.63) is 29.8 Å². The number of hydrogen-bond acceptors (Lipinski definition) is 2. The molecule has 0 atom stereocenters. The third kappa shape index (κ3) is 29.0. The van der Waals surface area contributed by atoms with E-state index in [0.717, 1.165) is 18.4 Å². The molecule has 0 saturated heterocycles. The Morgan fingerprint density at radius 1 is 0.378 bits per heavy atom. The zero-order valence-electron chi connectivity index (χ0n) is 30.0. The predicted molar refractivity (Wildman–Crippen MR) is 198 cm³/mol. The Hall–Kier alpha value is -0.870. The highest BCUT2D eigenvalue weighted by atomic mass is 32.2. The summed E-state index contributed by atoms with van der Waals surface area (Å²) in [7, 11) is -4.08. The van der Waals surface area contributed by atoms with Crippen molar-refractivity contribution in [3.8, 4) is 0 Å². The first-order valence-corrected chi connectivity index (χ1v) is 21.5. The van der Waals surface area contributed by atoms with E-state index in [4.69, 9.17) is 4.55 Å². The Bertz CT molecular complexity index is 833. The van der Waals surface area contributed by atoms with Crippen LogP contribution in [-0.4, -0.2) is 13.0 Å². The van der Waals surface area contributed by atoms with Crippen LogP contribution in [0, 0.1) is 0 Å². The summed E-state index contributed by atoms with van der Waals surface area (Å²) < 4.78 is 31.3. The molecule has 0 fully saturated rings. The molecule has 3 nitrogen and oxygen atoms in total. The van der Waals surface area contributed by atoms with Gasteiger partial charge < -0.3 is 0 Å². The molecule has 0 amide bonds. The summed E-state index contributed by atoms with van der Waals surface area (Å²) in [5.41, 5.74) is 1.14. The topological polar surface area (TPSA) is 54.4 Å². The van der Waals surface area contributed by atoms with Crippen molar-refractivity contribution in [3.63, 3.8) is 0 Å². The summed E-state index contributed by atoms with van der Waals surface area (Å²) in [5, 5.41) is 0. The molecule has 0 aliphatic heterocycles. The maximum Gasteiger partial charge on any atom is 0.294 e. The average molecular weight is 649 g/mol. The second kappa shape index (κ2) is 31.7. The van der Waals surface area contributed by atoms with Gasteiger partial charge in [-0.2, -0.15) is 8.42 Å². The van der Waals surface area contributed by atoms with Gasteiger partial charge in [0.25, 0.3) is 10.1 Å². The summed E-state index contributed by atoms with van der Waals surface area (Å²) in [6.45, 7) is 2.30. The Kier molecular flexibility index (Phi) is 29.7. The first-order valence-electron chi connectivity index (χ1n) is 20.1. The van der Waals surface area contributed by atoms with E-state index in [2.05, 4.69) is 6.92 Å². The van der Waals surface area contributed by atoms with Crippen LogP contribution in [0.3, 0.4) is 0 Å². The van der Waals surface area contributed by atoms with E-state index in [9.17, 15) is 8.42 Å². The van der Waals surface area contributed by atoms with Crippen LogP contribution in [0.25, 0.3) is 0 Å². The van der Waals surface area contributed by atoms with Crippen LogP contribution >= 0.6 is 0 Å². The zero-order valence-corrected chi connectivity index (χ0v) is 30.8. The fourth-order valence-electron chi connectivity index (χ4n) is 6.71. The maximum absolute atomic E-state index is 11.1. The highest BCUT2D eigenvalue weighted by Gasteiger charge is 2.08. The first kappa shape index (κ1) is 42.2. The lowest BCUT2D eigenvalue weighted by atomic mass is 10.0. The second-order valence-corrected chi connectivity index (χ2v) is 15.6. The van der Waals surface area contributed by atoms with Crippen molar-refractivity contribution in [1.82, 2.24) is 0 Å². The molecule has 264 valence electrons. The third-order valence-electron chi connectivity index (χ3n) is 9.79. The summed E-state index contributed by atoms with van der Waals surface area (Å²) in [6, 6.07) is 6.61. The fraction of sp³-hybridized carbons (Fsp3) is 0.854. The van der Waals surface area contributed by atoms with Crippen molar-refractivity contribution in [2.75, 3.05) is 0 Å². The van der Waals surface area contributed by atoms with Gasteiger partial charge in [0.15, 0.2) is 0 Å². The minimum atomic E-state index is -4.08. The van der Waals surface area contributed by atoms with Gasteiger partial charge in [-0.15, -0.1) is 0 Å². The van der Waals surface area contributed by atoms with Gasteiger partial charge in [0, 0.05) is 0 Å². The van der Waals surface area contributed by atoms with Crippen molar-refractivity contribution >= 4 is 10.1 Å². The molecular weight excluding hydrogens is 573 g/mol. The number of unbranched alkanes of at least 4 members (excludes halogenated alkanes) is 32. The second-order valence-electron chi connectivity index (χ2n) is 14.2. The van der Waals surface area contributed by atoms with Crippen LogP contribution in [0.1, 0.15) is 224 Å². The van der Waals surface area contributed by atoms with Crippen LogP contribution in [-0.2, 0) is 16.5 Å². The molecule has 0 radical (unpaired) electrons. The monoisotopic (exact) mass is 649 g/mol. The van der Waals surface area contributed by atoms with Gasteiger partial charge in [-0.1, -0.05) is 225 Å². The first-order chi connectivity index (χ1) is 22.0. The SMILES string of the molecule is CCCCCCCCCCCCCCCCCCCCCCCCCCCCCCCCCCCc1ccc(S(=O)(=O)O)cc1. The molecule has 1 aromatic carbocycles.